The summed E-state index contributed by atoms with van der Waals surface area (Å²) in [6.45, 7) is 4.21. The van der Waals surface area contributed by atoms with Gasteiger partial charge in [-0.3, -0.25) is 14.2 Å². The van der Waals surface area contributed by atoms with Gasteiger partial charge in [-0.25, -0.2) is 0 Å². The monoisotopic (exact) mass is 760 g/mol. The highest BCUT2D eigenvalue weighted by Gasteiger charge is 2.21. The third-order valence-electron chi connectivity index (χ3n) is 9.29. The number of esters is 2. The molecule has 0 aromatic rings. The molecule has 0 heterocycles. The average Bonchev–Trinajstić information content (AvgIpc) is 3.09. The number of phosphoric ester groups is 1. The van der Waals surface area contributed by atoms with Gasteiger partial charge < -0.3 is 27.9 Å². The predicted molar refractivity (Wildman–Crippen MR) is 213 cm³/mol. The quantitative estimate of drug-likeness (QED) is 0.0200. The van der Waals surface area contributed by atoms with Crippen molar-refractivity contribution in [3.8, 4) is 0 Å². The van der Waals surface area contributed by atoms with E-state index in [0.717, 1.165) is 38.5 Å². The van der Waals surface area contributed by atoms with E-state index in [0.29, 0.717) is 17.4 Å². The molecule has 2 atom stereocenters. The zero-order valence-corrected chi connectivity index (χ0v) is 35.4. The van der Waals surface area contributed by atoms with Crippen LogP contribution in [0, 0.1) is 0 Å². The summed E-state index contributed by atoms with van der Waals surface area (Å²) in [4.78, 5) is 37.4. The van der Waals surface area contributed by atoms with Crippen LogP contribution in [0.25, 0.3) is 0 Å². The lowest BCUT2D eigenvalue weighted by Gasteiger charge is -2.28. The number of ether oxygens (including phenoxy) is 2. The van der Waals surface area contributed by atoms with Gasteiger partial charge in [0.2, 0.25) is 0 Å². The van der Waals surface area contributed by atoms with Crippen LogP contribution in [0.5, 0.6) is 0 Å². The van der Waals surface area contributed by atoms with E-state index in [4.69, 9.17) is 18.5 Å². The number of quaternary nitrogens is 1. The summed E-state index contributed by atoms with van der Waals surface area (Å²) in [5, 5.41) is 0. The molecule has 10 heteroatoms. The van der Waals surface area contributed by atoms with Crippen LogP contribution >= 0.6 is 7.82 Å². The Morgan fingerprint density at radius 3 is 1.42 bits per heavy atom. The Morgan fingerprint density at radius 1 is 0.577 bits per heavy atom. The van der Waals surface area contributed by atoms with Crippen molar-refractivity contribution in [3.63, 3.8) is 0 Å². The maximum absolute atomic E-state index is 12.6. The fourth-order valence-corrected chi connectivity index (χ4v) is 6.61. The molecule has 0 aliphatic heterocycles. The Balaban J connectivity index is 4.28. The van der Waals surface area contributed by atoms with Crippen LogP contribution in [-0.4, -0.2) is 70.0 Å². The zero-order valence-electron chi connectivity index (χ0n) is 34.5. The standard InChI is InChI=1S/C42H82NO8P/c1-6-8-10-12-14-16-17-18-19-20-21-22-23-24-25-27-29-31-33-35-42(45)51-40(39-50-52(46,47)49-37-36-43(3,4)5)38-48-41(44)34-32-30-28-26-15-13-11-9-7-2/h18-19,40H,6-17,20-39H2,1-5H3/b19-18-. The molecule has 0 fully saturated rings. The second-order valence-corrected chi connectivity index (χ2v) is 17.1. The van der Waals surface area contributed by atoms with Gasteiger partial charge >= 0.3 is 11.9 Å². The fourth-order valence-electron chi connectivity index (χ4n) is 5.88. The van der Waals surface area contributed by atoms with Crippen LogP contribution in [0.3, 0.4) is 0 Å². The molecule has 0 aliphatic carbocycles. The molecule has 2 unspecified atom stereocenters. The summed E-state index contributed by atoms with van der Waals surface area (Å²) in [6.07, 6.45) is 35.3. The van der Waals surface area contributed by atoms with Crippen LogP contribution in [0.4, 0.5) is 0 Å². The Morgan fingerprint density at radius 2 is 0.981 bits per heavy atom. The largest absolute Gasteiger partial charge is 0.756 e. The van der Waals surface area contributed by atoms with E-state index in [1.165, 1.54) is 122 Å². The van der Waals surface area contributed by atoms with E-state index in [9.17, 15) is 19.0 Å². The van der Waals surface area contributed by atoms with Gasteiger partial charge in [0.25, 0.3) is 7.82 Å². The molecule has 0 rings (SSSR count). The van der Waals surface area contributed by atoms with Crippen molar-refractivity contribution in [2.75, 3.05) is 47.5 Å². The molecule has 0 radical (unpaired) electrons. The van der Waals surface area contributed by atoms with Gasteiger partial charge in [-0.15, -0.1) is 0 Å². The minimum absolute atomic E-state index is 0.0283. The first-order valence-electron chi connectivity index (χ1n) is 21.4. The van der Waals surface area contributed by atoms with Gasteiger partial charge in [0.1, 0.15) is 19.8 Å². The zero-order chi connectivity index (χ0) is 38.6. The Labute approximate surface area is 320 Å². The fraction of sp³-hybridized carbons (Fsp3) is 0.905. The SMILES string of the molecule is CCCCCCCC/C=C\CCCCCCCCCCCC(=O)OC(COC(=O)CCCCCCCCCCC)COP(=O)([O-])OCC[N+](C)(C)C. The van der Waals surface area contributed by atoms with E-state index in [1.54, 1.807) is 0 Å². The molecule has 0 N–H and O–H groups in total. The van der Waals surface area contributed by atoms with E-state index in [2.05, 4.69) is 26.0 Å². The molecule has 52 heavy (non-hydrogen) atoms. The molecule has 0 saturated carbocycles. The predicted octanol–water partition coefficient (Wildman–Crippen LogP) is 11.2. The molecular weight excluding hydrogens is 677 g/mol. The number of allylic oxidation sites excluding steroid dienone is 2. The van der Waals surface area contributed by atoms with Crippen molar-refractivity contribution < 1.29 is 42.1 Å². The second-order valence-electron chi connectivity index (χ2n) is 15.7. The average molecular weight is 760 g/mol. The van der Waals surface area contributed by atoms with E-state index >= 15 is 0 Å². The van der Waals surface area contributed by atoms with Gasteiger partial charge in [-0.05, 0) is 38.5 Å². The van der Waals surface area contributed by atoms with Gasteiger partial charge in [-0.2, -0.15) is 0 Å². The topological polar surface area (TPSA) is 111 Å². The van der Waals surface area contributed by atoms with Gasteiger partial charge in [0, 0.05) is 12.8 Å². The van der Waals surface area contributed by atoms with Crippen molar-refractivity contribution in [2.24, 2.45) is 0 Å². The van der Waals surface area contributed by atoms with E-state index < -0.39 is 26.5 Å². The molecular formula is C42H82NO8P. The highest BCUT2D eigenvalue weighted by molar-refractivity contribution is 7.45. The number of rotatable bonds is 39. The van der Waals surface area contributed by atoms with Crippen molar-refractivity contribution in [1.29, 1.82) is 0 Å². The minimum Gasteiger partial charge on any atom is -0.756 e. The Kier molecular flexibility index (Phi) is 34.6. The third-order valence-corrected chi connectivity index (χ3v) is 10.2. The number of nitrogens with zero attached hydrogens (tertiary/aromatic N) is 1. The molecule has 0 amide bonds. The van der Waals surface area contributed by atoms with Crippen LogP contribution < -0.4 is 4.89 Å². The maximum atomic E-state index is 12.6. The molecule has 0 spiro atoms. The maximum Gasteiger partial charge on any atom is 0.306 e. The number of carbonyl (C=O) groups excluding carboxylic acids is 2. The van der Waals surface area contributed by atoms with Gasteiger partial charge in [0.05, 0.1) is 27.7 Å². The summed E-state index contributed by atoms with van der Waals surface area (Å²) in [5.74, 6) is -0.833. The Hall–Kier alpha value is -1.25. The first-order chi connectivity index (χ1) is 25.0. The number of unbranched alkanes of at least 4 members (excludes halogenated alkanes) is 23. The number of phosphoric acid groups is 1. The van der Waals surface area contributed by atoms with Gasteiger partial charge in [0.15, 0.2) is 6.10 Å². The van der Waals surface area contributed by atoms with Crippen LogP contribution in [0.15, 0.2) is 12.2 Å². The number of hydrogen-bond acceptors (Lipinski definition) is 8. The third kappa shape index (κ3) is 38.5. The number of likely N-dealkylation sites (N-methyl/N-ethyl adjacent to an activating group) is 1. The lowest BCUT2D eigenvalue weighted by Crippen LogP contribution is -2.37. The first kappa shape index (κ1) is 50.8. The smallest absolute Gasteiger partial charge is 0.306 e. The summed E-state index contributed by atoms with van der Waals surface area (Å²) >= 11 is 0. The summed E-state index contributed by atoms with van der Waals surface area (Å²) in [7, 11) is 1.17. The van der Waals surface area contributed by atoms with Crippen molar-refractivity contribution in [2.45, 2.75) is 200 Å². The minimum atomic E-state index is -4.61. The van der Waals surface area contributed by atoms with E-state index in [1.807, 2.05) is 21.1 Å². The second kappa shape index (κ2) is 35.5. The normalized spacial score (nSPS) is 13.7. The molecule has 0 aliphatic rings. The number of carbonyl (C=O) groups is 2. The molecule has 0 aromatic heterocycles. The molecule has 0 saturated heterocycles. The van der Waals surface area contributed by atoms with Crippen LogP contribution in [0.2, 0.25) is 0 Å². The molecule has 0 bridgehead atoms. The van der Waals surface area contributed by atoms with Crippen LogP contribution in [-0.2, 0) is 32.7 Å². The summed E-state index contributed by atoms with van der Waals surface area (Å²) < 4.78 is 33.8. The van der Waals surface area contributed by atoms with Crippen molar-refractivity contribution in [3.05, 3.63) is 12.2 Å². The van der Waals surface area contributed by atoms with Crippen LogP contribution in [0.1, 0.15) is 194 Å². The summed E-state index contributed by atoms with van der Waals surface area (Å²) in [5.41, 5.74) is 0. The number of hydrogen-bond donors (Lipinski definition) is 0. The highest BCUT2D eigenvalue weighted by Crippen LogP contribution is 2.38. The Bertz CT molecular complexity index is 907. The molecule has 0 aromatic carbocycles. The van der Waals surface area contributed by atoms with Gasteiger partial charge in [-0.1, -0.05) is 154 Å². The lowest BCUT2D eigenvalue weighted by molar-refractivity contribution is -0.870. The van der Waals surface area contributed by atoms with Crippen molar-refractivity contribution >= 4 is 19.8 Å². The first-order valence-corrected chi connectivity index (χ1v) is 22.9. The lowest BCUT2D eigenvalue weighted by atomic mass is 10.1. The highest BCUT2D eigenvalue weighted by atomic mass is 31.2. The van der Waals surface area contributed by atoms with E-state index in [-0.39, 0.29) is 32.0 Å². The molecule has 9 nitrogen and oxygen atoms in total. The van der Waals surface area contributed by atoms with Crippen molar-refractivity contribution in [1.82, 2.24) is 0 Å². The molecule has 308 valence electrons. The summed E-state index contributed by atoms with van der Waals surface area (Å²) in [6, 6.07) is 0.